The molecule has 1 aromatic heterocycles. The van der Waals surface area contributed by atoms with Gasteiger partial charge in [0.05, 0.1) is 19.8 Å². The number of hydrogen-bond acceptors (Lipinski definition) is 9. The zero-order valence-electron chi connectivity index (χ0n) is 18.8. The van der Waals surface area contributed by atoms with Crippen molar-refractivity contribution in [3.05, 3.63) is 66.0 Å². The number of hydrogen-bond donors (Lipinski definition) is 1. The molecule has 1 saturated heterocycles. The molecule has 2 aromatic carbocycles. The van der Waals surface area contributed by atoms with Crippen molar-refractivity contribution in [2.24, 2.45) is 0 Å². The molecule has 0 aliphatic carbocycles. The van der Waals surface area contributed by atoms with E-state index in [4.69, 9.17) is 9.26 Å². The molecule has 184 valence electrons. The van der Waals surface area contributed by atoms with Crippen molar-refractivity contribution in [1.82, 2.24) is 20.7 Å². The van der Waals surface area contributed by atoms with Gasteiger partial charge in [0.25, 0.3) is 11.8 Å². The molecule has 0 unspecified atom stereocenters. The lowest BCUT2D eigenvalue weighted by molar-refractivity contribution is -0.274. The summed E-state index contributed by atoms with van der Waals surface area (Å²) in [7, 11) is 0. The summed E-state index contributed by atoms with van der Waals surface area (Å²) in [5.74, 6) is 0.108. The minimum atomic E-state index is -4.75. The number of morpholine rings is 1. The molecular weight excluding hydrogens is 465 g/mol. The first-order chi connectivity index (χ1) is 16.8. The third-order valence-electron chi connectivity index (χ3n) is 5.56. The number of halogens is 3. The SMILES string of the molecule is CC1=CN(c2noc(-c3ccc(OC(F)(F)F)cc3)n2)NN1Cc1cccc(N2CCOCC2)c1. The highest BCUT2D eigenvalue weighted by molar-refractivity contribution is 5.56. The minimum absolute atomic E-state index is 0.170. The largest absolute Gasteiger partial charge is 0.573 e. The van der Waals surface area contributed by atoms with Gasteiger partial charge in [-0.15, -0.1) is 18.7 Å². The smallest absolute Gasteiger partial charge is 0.406 e. The highest BCUT2D eigenvalue weighted by Crippen LogP contribution is 2.28. The summed E-state index contributed by atoms with van der Waals surface area (Å²) in [4.78, 5) is 6.66. The fourth-order valence-corrected chi connectivity index (χ4v) is 3.84. The average Bonchev–Trinajstić information content (AvgIpc) is 3.47. The summed E-state index contributed by atoms with van der Waals surface area (Å²) < 4.78 is 51.7. The number of rotatable bonds is 6. The number of allylic oxidation sites excluding steroid dienone is 1. The lowest BCUT2D eigenvalue weighted by Gasteiger charge is -2.29. The minimum Gasteiger partial charge on any atom is -0.406 e. The number of alkyl halides is 3. The van der Waals surface area contributed by atoms with Crippen molar-refractivity contribution in [1.29, 1.82) is 0 Å². The predicted molar refractivity (Wildman–Crippen MR) is 121 cm³/mol. The van der Waals surface area contributed by atoms with Crippen molar-refractivity contribution in [2.75, 3.05) is 36.2 Å². The van der Waals surface area contributed by atoms with Crippen LogP contribution in [-0.4, -0.2) is 47.8 Å². The van der Waals surface area contributed by atoms with E-state index in [0.29, 0.717) is 12.1 Å². The van der Waals surface area contributed by atoms with E-state index < -0.39 is 6.36 Å². The molecule has 0 bridgehead atoms. The third kappa shape index (κ3) is 5.49. The van der Waals surface area contributed by atoms with Crippen LogP contribution in [0.1, 0.15) is 12.5 Å². The normalized spacial score (nSPS) is 16.6. The number of anilines is 2. The maximum absolute atomic E-state index is 12.4. The molecule has 1 N–H and O–H groups in total. The van der Waals surface area contributed by atoms with Crippen LogP contribution in [0.4, 0.5) is 24.8 Å². The van der Waals surface area contributed by atoms with E-state index in [-0.39, 0.29) is 17.6 Å². The molecule has 0 radical (unpaired) electrons. The van der Waals surface area contributed by atoms with E-state index in [1.165, 1.54) is 24.3 Å². The lowest BCUT2D eigenvalue weighted by Crippen LogP contribution is -2.40. The molecule has 2 aliphatic rings. The Morgan fingerprint density at radius 1 is 1.09 bits per heavy atom. The summed E-state index contributed by atoms with van der Waals surface area (Å²) in [5, 5.41) is 7.56. The van der Waals surface area contributed by atoms with Crippen LogP contribution in [-0.2, 0) is 11.3 Å². The van der Waals surface area contributed by atoms with Crippen LogP contribution >= 0.6 is 0 Å². The van der Waals surface area contributed by atoms with Gasteiger partial charge in [0.1, 0.15) is 5.75 Å². The molecule has 0 atom stereocenters. The number of ether oxygens (including phenoxy) is 2. The van der Waals surface area contributed by atoms with Gasteiger partial charge in [-0.25, -0.2) is 5.01 Å². The first kappa shape index (κ1) is 23.0. The Kier molecular flexibility index (Phi) is 6.22. The molecule has 5 rings (SSSR count). The van der Waals surface area contributed by atoms with Gasteiger partial charge in [-0.1, -0.05) is 12.1 Å². The zero-order valence-corrected chi connectivity index (χ0v) is 18.8. The van der Waals surface area contributed by atoms with Crippen molar-refractivity contribution < 1.29 is 27.2 Å². The van der Waals surface area contributed by atoms with E-state index >= 15 is 0 Å². The average molecular weight is 488 g/mol. The van der Waals surface area contributed by atoms with Gasteiger partial charge in [-0.2, -0.15) is 4.98 Å². The topological polar surface area (TPSA) is 79.1 Å². The molecule has 1 fully saturated rings. The van der Waals surface area contributed by atoms with Crippen LogP contribution in [0.3, 0.4) is 0 Å². The van der Waals surface area contributed by atoms with E-state index in [1.807, 2.05) is 24.2 Å². The molecule has 0 saturated carbocycles. The second kappa shape index (κ2) is 9.47. The van der Waals surface area contributed by atoms with E-state index in [2.05, 4.69) is 43.5 Å². The Morgan fingerprint density at radius 2 is 1.86 bits per heavy atom. The first-order valence-corrected chi connectivity index (χ1v) is 11.0. The molecule has 35 heavy (non-hydrogen) atoms. The summed E-state index contributed by atoms with van der Waals surface area (Å²) in [5.41, 5.74) is 6.92. The van der Waals surface area contributed by atoms with Gasteiger partial charge in [0, 0.05) is 36.2 Å². The van der Waals surface area contributed by atoms with E-state index in [1.54, 1.807) is 5.01 Å². The molecule has 3 aromatic rings. The molecular formula is C23H23F3N6O3. The quantitative estimate of drug-likeness (QED) is 0.552. The van der Waals surface area contributed by atoms with Crippen LogP contribution in [0.15, 0.2) is 65.0 Å². The van der Waals surface area contributed by atoms with Crippen molar-refractivity contribution in [3.63, 3.8) is 0 Å². The van der Waals surface area contributed by atoms with Crippen LogP contribution in [0.5, 0.6) is 5.75 Å². The van der Waals surface area contributed by atoms with Gasteiger partial charge in [0.2, 0.25) is 0 Å². The summed E-state index contributed by atoms with van der Waals surface area (Å²) in [6.07, 6.45) is -2.92. The van der Waals surface area contributed by atoms with E-state index in [9.17, 15) is 13.2 Å². The fourth-order valence-electron chi connectivity index (χ4n) is 3.84. The highest BCUT2D eigenvalue weighted by atomic mass is 19.4. The zero-order chi connectivity index (χ0) is 24.4. The monoisotopic (exact) mass is 488 g/mol. The maximum Gasteiger partial charge on any atom is 0.573 e. The number of benzene rings is 2. The maximum atomic E-state index is 12.4. The van der Waals surface area contributed by atoms with Gasteiger partial charge < -0.3 is 18.9 Å². The lowest BCUT2D eigenvalue weighted by atomic mass is 10.1. The summed E-state index contributed by atoms with van der Waals surface area (Å²) in [6, 6.07) is 13.6. The number of hydrazine groups is 2. The highest BCUT2D eigenvalue weighted by Gasteiger charge is 2.31. The summed E-state index contributed by atoms with van der Waals surface area (Å²) >= 11 is 0. The number of nitrogens with zero attached hydrogens (tertiary/aromatic N) is 5. The van der Waals surface area contributed by atoms with Crippen LogP contribution < -0.4 is 20.2 Å². The third-order valence-corrected chi connectivity index (χ3v) is 5.56. The van der Waals surface area contributed by atoms with Crippen molar-refractivity contribution >= 4 is 11.6 Å². The standard InChI is InChI=1S/C23H23F3N6O3/c1-16-14-32(22-27-21(35-28-22)18-5-7-20(8-6-18)34-23(24,25)26)29-31(16)15-17-3-2-4-19(13-17)30-9-11-33-12-10-30/h2-8,13-14,29H,9-12,15H2,1H3. The molecule has 9 nitrogen and oxygen atoms in total. The molecule has 2 aliphatic heterocycles. The van der Waals surface area contributed by atoms with Crippen LogP contribution in [0, 0.1) is 0 Å². The van der Waals surface area contributed by atoms with Gasteiger partial charge in [-0.05, 0) is 54.0 Å². The molecule has 0 amide bonds. The van der Waals surface area contributed by atoms with Gasteiger partial charge >= 0.3 is 6.36 Å². The fraction of sp³-hybridized carbons (Fsp3) is 0.304. The van der Waals surface area contributed by atoms with Gasteiger partial charge in [-0.3, -0.25) is 5.01 Å². The van der Waals surface area contributed by atoms with Crippen molar-refractivity contribution in [2.45, 2.75) is 19.8 Å². The predicted octanol–water partition coefficient (Wildman–Crippen LogP) is 4.07. The summed E-state index contributed by atoms with van der Waals surface area (Å²) in [6.45, 7) is 5.77. The molecule has 12 heteroatoms. The van der Waals surface area contributed by atoms with Crippen LogP contribution in [0.25, 0.3) is 11.5 Å². The Labute approximate surface area is 199 Å². The Balaban J connectivity index is 1.23. The number of aromatic nitrogens is 2. The molecule has 3 heterocycles. The second-order valence-corrected chi connectivity index (χ2v) is 8.07. The first-order valence-electron chi connectivity index (χ1n) is 11.0. The Hall–Kier alpha value is -3.77. The van der Waals surface area contributed by atoms with E-state index in [0.717, 1.165) is 43.3 Å². The Bertz CT molecular complexity index is 1190. The van der Waals surface area contributed by atoms with Gasteiger partial charge in [0.15, 0.2) is 0 Å². The van der Waals surface area contributed by atoms with Crippen molar-refractivity contribution in [3.8, 4) is 17.2 Å². The Morgan fingerprint density at radius 3 is 2.60 bits per heavy atom. The number of nitrogens with one attached hydrogen (secondary N) is 1. The van der Waals surface area contributed by atoms with Crippen LogP contribution in [0.2, 0.25) is 0 Å². The second-order valence-electron chi connectivity index (χ2n) is 8.07. The molecule has 0 spiro atoms.